The molecule has 4 heteroatoms. The van der Waals surface area contributed by atoms with Crippen LogP contribution in [0.4, 0.5) is 5.69 Å². The van der Waals surface area contributed by atoms with Gasteiger partial charge in [-0.05, 0) is 56.1 Å². The number of thiazole rings is 1. The van der Waals surface area contributed by atoms with Crippen LogP contribution in [-0.2, 0) is 4.79 Å². The van der Waals surface area contributed by atoms with Crippen molar-refractivity contribution < 1.29 is 4.79 Å². The molecule has 2 aliphatic carbocycles. The van der Waals surface area contributed by atoms with E-state index in [1.54, 1.807) is 11.3 Å². The number of hydrogen-bond acceptors (Lipinski definition) is 3. The topological polar surface area (TPSA) is 42.0 Å². The molecule has 1 N–H and O–H groups in total. The summed E-state index contributed by atoms with van der Waals surface area (Å²) in [7, 11) is 0. The zero-order valence-corrected chi connectivity index (χ0v) is 14.2. The third-order valence-corrected chi connectivity index (χ3v) is 6.19. The molecule has 0 spiro atoms. The van der Waals surface area contributed by atoms with Crippen LogP contribution in [0.25, 0.3) is 11.3 Å². The Balaban J connectivity index is 1.36. The molecule has 1 amide bonds. The standard InChI is InChI=1S/C19H22N2OS/c1-12-20-18(11-23-12)14-4-6-17(7-5-14)21-19(22)10-16-9-13-2-3-15(16)8-13/h4-7,11,13,15-16H,2-3,8-10H2,1H3,(H,21,22)/t13-,15+,16-/m0/s1. The summed E-state index contributed by atoms with van der Waals surface area (Å²) in [5.41, 5.74) is 2.99. The van der Waals surface area contributed by atoms with E-state index in [4.69, 9.17) is 0 Å². The molecule has 0 radical (unpaired) electrons. The summed E-state index contributed by atoms with van der Waals surface area (Å²) in [6.07, 6.45) is 6.04. The fourth-order valence-electron chi connectivity index (χ4n) is 4.30. The Labute approximate surface area is 141 Å². The molecular formula is C19H22N2OS. The lowest BCUT2D eigenvalue weighted by Gasteiger charge is -2.20. The number of aryl methyl sites for hydroxylation is 1. The van der Waals surface area contributed by atoms with Crippen molar-refractivity contribution in [2.75, 3.05) is 5.32 Å². The number of benzene rings is 1. The summed E-state index contributed by atoms with van der Waals surface area (Å²) < 4.78 is 0. The van der Waals surface area contributed by atoms with Crippen molar-refractivity contribution in [3.8, 4) is 11.3 Å². The molecule has 120 valence electrons. The average Bonchev–Trinajstić information content (AvgIpc) is 3.25. The van der Waals surface area contributed by atoms with Crippen LogP contribution < -0.4 is 5.32 Å². The lowest BCUT2D eigenvalue weighted by Crippen LogP contribution is -2.20. The van der Waals surface area contributed by atoms with Crippen LogP contribution in [0, 0.1) is 24.7 Å². The lowest BCUT2D eigenvalue weighted by molar-refractivity contribution is -0.117. The van der Waals surface area contributed by atoms with Crippen molar-refractivity contribution in [1.82, 2.24) is 4.98 Å². The van der Waals surface area contributed by atoms with E-state index in [0.29, 0.717) is 12.3 Å². The Morgan fingerprint density at radius 1 is 1.26 bits per heavy atom. The summed E-state index contributed by atoms with van der Waals surface area (Å²) in [6, 6.07) is 8.01. The molecule has 0 unspecified atom stereocenters. The maximum atomic E-state index is 12.3. The van der Waals surface area contributed by atoms with Gasteiger partial charge in [0.05, 0.1) is 10.7 Å². The van der Waals surface area contributed by atoms with E-state index < -0.39 is 0 Å². The lowest BCUT2D eigenvalue weighted by atomic mass is 9.86. The van der Waals surface area contributed by atoms with Crippen molar-refractivity contribution in [3.63, 3.8) is 0 Å². The second-order valence-electron chi connectivity index (χ2n) is 7.02. The highest BCUT2D eigenvalue weighted by molar-refractivity contribution is 7.09. The van der Waals surface area contributed by atoms with Crippen LogP contribution in [-0.4, -0.2) is 10.9 Å². The van der Waals surface area contributed by atoms with Crippen LogP contribution in [0.2, 0.25) is 0 Å². The SMILES string of the molecule is Cc1nc(-c2ccc(NC(=O)C[C@@H]3C[C@H]4CC[C@@H]3C4)cc2)cs1. The second-order valence-corrected chi connectivity index (χ2v) is 8.08. The average molecular weight is 326 g/mol. The highest BCUT2D eigenvalue weighted by Gasteiger charge is 2.40. The van der Waals surface area contributed by atoms with Gasteiger partial charge in [0.25, 0.3) is 0 Å². The first-order valence-corrected chi connectivity index (χ1v) is 9.38. The third kappa shape index (κ3) is 3.18. The van der Waals surface area contributed by atoms with E-state index in [1.165, 1.54) is 25.7 Å². The number of fused-ring (bicyclic) bond motifs is 2. The van der Waals surface area contributed by atoms with Gasteiger partial charge in [0.1, 0.15) is 0 Å². The van der Waals surface area contributed by atoms with Gasteiger partial charge in [-0.25, -0.2) is 4.98 Å². The quantitative estimate of drug-likeness (QED) is 0.869. The Bertz CT molecular complexity index is 706. The molecule has 3 nitrogen and oxygen atoms in total. The minimum absolute atomic E-state index is 0.166. The van der Waals surface area contributed by atoms with E-state index in [1.807, 2.05) is 31.2 Å². The van der Waals surface area contributed by atoms with Crippen LogP contribution >= 0.6 is 11.3 Å². The van der Waals surface area contributed by atoms with Gasteiger partial charge in [-0.3, -0.25) is 4.79 Å². The van der Waals surface area contributed by atoms with Crippen molar-refractivity contribution in [2.45, 2.75) is 39.0 Å². The summed E-state index contributed by atoms with van der Waals surface area (Å²) in [5.74, 6) is 2.49. The zero-order valence-electron chi connectivity index (χ0n) is 13.4. The molecule has 3 atom stereocenters. The van der Waals surface area contributed by atoms with Crippen molar-refractivity contribution in [2.24, 2.45) is 17.8 Å². The van der Waals surface area contributed by atoms with E-state index in [2.05, 4.69) is 15.7 Å². The van der Waals surface area contributed by atoms with Crippen molar-refractivity contribution in [3.05, 3.63) is 34.7 Å². The van der Waals surface area contributed by atoms with Gasteiger partial charge in [0.15, 0.2) is 0 Å². The Kier molecular flexibility index (Phi) is 3.93. The van der Waals surface area contributed by atoms with Gasteiger partial charge in [-0.15, -0.1) is 11.3 Å². The van der Waals surface area contributed by atoms with Gasteiger partial charge >= 0.3 is 0 Å². The normalized spacial score (nSPS) is 25.7. The molecule has 2 bridgehead atoms. The maximum absolute atomic E-state index is 12.3. The number of anilines is 1. The monoisotopic (exact) mass is 326 g/mol. The maximum Gasteiger partial charge on any atom is 0.224 e. The number of carbonyl (C=O) groups excluding carboxylic acids is 1. The smallest absolute Gasteiger partial charge is 0.224 e. The second kappa shape index (κ2) is 6.08. The molecule has 1 aromatic heterocycles. The van der Waals surface area contributed by atoms with Crippen LogP contribution in [0.15, 0.2) is 29.6 Å². The Morgan fingerprint density at radius 3 is 2.70 bits per heavy atom. The largest absolute Gasteiger partial charge is 0.326 e. The molecule has 2 fully saturated rings. The van der Waals surface area contributed by atoms with Gasteiger partial charge < -0.3 is 5.32 Å². The zero-order chi connectivity index (χ0) is 15.8. The van der Waals surface area contributed by atoms with Gasteiger partial charge in [0.2, 0.25) is 5.91 Å². The molecule has 4 rings (SSSR count). The highest BCUT2D eigenvalue weighted by Crippen LogP contribution is 2.49. The minimum atomic E-state index is 0.166. The van der Waals surface area contributed by atoms with E-state index >= 15 is 0 Å². The molecule has 1 aromatic carbocycles. The molecule has 2 aliphatic rings. The first kappa shape index (κ1) is 14.9. The summed E-state index contributed by atoms with van der Waals surface area (Å²) in [6.45, 7) is 2.01. The first-order chi connectivity index (χ1) is 11.2. The molecular weight excluding hydrogens is 304 g/mol. The minimum Gasteiger partial charge on any atom is -0.326 e. The number of carbonyl (C=O) groups is 1. The number of hydrogen-bond donors (Lipinski definition) is 1. The highest BCUT2D eigenvalue weighted by atomic mass is 32.1. The van der Waals surface area contributed by atoms with E-state index in [9.17, 15) is 4.79 Å². The van der Waals surface area contributed by atoms with Crippen LogP contribution in [0.3, 0.4) is 0 Å². The Hall–Kier alpha value is -1.68. The summed E-state index contributed by atoms with van der Waals surface area (Å²) >= 11 is 1.66. The molecule has 23 heavy (non-hydrogen) atoms. The number of nitrogens with one attached hydrogen (secondary N) is 1. The van der Waals surface area contributed by atoms with Gasteiger partial charge in [-0.2, -0.15) is 0 Å². The molecule has 1 heterocycles. The van der Waals surface area contributed by atoms with Gasteiger partial charge in [0, 0.05) is 23.1 Å². The van der Waals surface area contributed by atoms with Crippen molar-refractivity contribution >= 4 is 22.9 Å². The predicted octanol–water partition coefficient (Wildman–Crippen LogP) is 4.88. The number of nitrogens with zero attached hydrogens (tertiary/aromatic N) is 1. The summed E-state index contributed by atoms with van der Waals surface area (Å²) in [4.78, 5) is 16.8. The van der Waals surface area contributed by atoms with Gasteiger partial charge in [-0.1, -0.05) is 18.6 Å². The molecule has 2 aromatic rings. The fourth-order valence-corrected chi connectivity index (χ4v) is 4.92. The van der Waals surface area contributed by atoms with E-state index in [-0.39, 0.29) is 5.91 Å². The summed E-state index contributed by atoms with van der Waals surface area (Å²) in [5, 5.41) is 6.20. The predicted molar refractivity (Wildman–Crippen MR) is 94.5 cm³/mol. The number of rotatable bonds is 4. The molecule has 0 saturated heterocycles. The molecule has 0 aliphatic heterocycles. The first-order valence-electron chi connectivity index (χ1n) is 8.50. The van der Waals surface area contributed by atoms with Crippen LogP contribution in [0.1, 0.15) is 37.1 Å². The molecule has 2 saturated carbocycles. The fraction of sp³-hybridized carbons (Fsp3) is 0.474. The number of aromatic nitrogens is 1. The third-order valence-electron chi connectivity index (χ3n) is 5.42. The Morgan fingerprint density at radius 2 is 2.09 bits per heavy atom. The van der Waals surface area contributed by atoms with E-state index in [0.717, 1.165) is 33.8 Å². The van der Waals surface area contributed by atoms with Crippen LogP contribution in [0.5, 0.6) is 0 Å². The van der Waals surface area contributed by atoms with Crippen molar-refractivity contribution in [1.29, 1.82) is 0 Å². The number of amides is 1.